The summed E-state index contributed by atoms with van der Waals surface area (Å²) in [5.41, 5.74) is -3.59. The molecule has 1 saturated carbocycles. The number of ether oxygens (including phenoxy) is 11. The van der Waals surface area contributed by atoms with Crippen molar-refractivity contribution in [2.24, 2.45) is 46.8 Å². The third-order valence-electron chi connectivity index (χ3n) is 20.2. The summed E-state index contributed by atoms with van der Waals surface area (Å²) in [4.78, 5) is 55.3. The molecule has 27 atom stereocenters. The minimum Gasteiger partial charge on any atom is -0.762 e. The third-order valence-corrected chi connectivity index (χ3v) is 20.2. The predicted molar refractivity (Wildman–Crippen MR) is 297 cm³/mol. The number of esters is 1. The highest BCUT2D eigenvalue weighted by Crippen LogP contribution is 2.61. The first-order valence-corrected chi connectivity index (χ1v) is 29.8. The number of aldehydes is 1. The fourth-order valence-corrected chi connectivity index (χ4v) is 15.7. The van der Waals surface area contributed by atoms with Crippen LogP contribution in [0.1, 0.15) is 121 Å². The van der Waals surface area contributed by atoms with Crippen LogP contribution in [0.2, 0.25) is 0 Å². The third kappa shape index (κ3) is 11.9. The van der Waals surface area contributed by atoms with E-state index in [4.69, 9.17) is 52.1 Å². The molecule has 84 heavy (non-hydrogen) atoms. The SMILES string of the molecule is COC(=O)N[C@H]1[C@@H](C)O[C@@H](O[C@H]2C/C=C(\C)[C@H]3C=C[C@@H]4[C@@H](O[C@H]5C[C@@H](O[C@H]6C[C@@H](O)[C@@H](O[C@@H]7C[C@@H](O)[C@@H](OC)[C@H](C)O7)[C@H](C)O6)[C@@H](O)[C@H](C)O5)[C@@H](C)C[C@H](C)[C@@H]4[C@@]3(C)C(O)=C3C(=O)O[C@@]4(C[C@@H](C)C(C=O)=C[C@H]4/C=C/2C)C3=O)C[C@]1(C)N([O-])O. The molecule has 5 aliphatic heterocycles. The van der Waals surface area contributed by atoms with Gasteiger partial charge in [-0.2, -0.15) is 0 Å². The van der Waals surface area contributed by atoms with E-state index < -0.39 is 180 Å². The fraction of sp³-hybridized carbons (Fsp3) is 0.770. The number of Topliss-reactive ketones (excluding diaryl/α,β-unsaturated/α-hetero) is 1. The number of carbonyl (C=O) groups is 4. The summed E-state index contributed by atoms with van der Waals surface area (Å²) in [6.07, 6.45) is -2.99. The lowest BCUT2D eigenvalue weighted by Gasteiger charge is -2.56. The number of carbonyl (C=O) groups excluding carboxylic acids is 4. The quantitative estimate of drug-likeness (QED) is 0.0449. The van der Waals surface area contributed by atoms with E-state index in [1.54, 1.807) is 53.7 Å². The van der Waals surface area contributed by atoms with E-state index >= 15 is 4.79 Å². The molecule has 1 spiro atoms. The maximum atomic E-state index is 15.5. The number of amides is 1. The van der Waals surface area contributed by atoms with E-state index in [0.29, 0.717) is 17.6 Å². The number of alkyl carbamates (subject to hydrolysis) is 1. The molecule has 5 heterocycles. The zero-order chi connectivity index (χ0) is 61.2. The van der Waals surface area contributed by atoms with Crippen molar-refractivity contribution in [3.8, 4) is 0 Å². The number of methoxy groups -OCH3 is 2. The van der Waals surface area contributed by atoms with Gasteiger partial charge >= 0.3 is 12.1 Å². The number of allylic oxidation sites excluding steroid dienone is 4. The zero-order valence-corrected chi connectivity index (χ0v) is 50.5. The summed E-state index contributed by atoms with van der Waals surface area (Å²) < 4.78 is 67.9. The first-order valence-electron chi connectivity index (χ1n) is 29.8. The first kappa shape index (κ1) is 64.5. The largest absolute Gasteiger partial charge is 0.762 e. The van der Waals surface area contributed by atoms with Crippen LogP contribution >= 0.6 is 0 Å². The zero-order valence-electron chi connectivity index (χ0n) is 50.5. The van der Waals surface area contributed by atoms with Crippen molar-refractivity contribution in [2.45, 2.75) is 237 Å². The maximum absolute atomic E-state index is 15.5. The van der Waals surface area contributed by atoms with E-state index in [9.17, 15) is 45.2 Å². The highest BCUT2D eigenvalue weighted by atomic mass is 16.8. The second-order valence-electron chi connectivity index (χ2n) is 25.8. The van der Waals surface area contributed by atoms with Crippen molar-refractivity contribution >= 4 is 24.1 Å². The molecule has 5 saturated heterocycles. The van der Waals surface area contributed by atoms with Gasteiger partial charge in [0.25, 0.3) is 0 Å². The fourth-order valence-electron chi connectivity index (χ4n) is 15.7. The molecule has 9 rings (SSSR count). The van der Waals surface area contributed by atoms with Gasteiger partial charge < -0.3 is 88.3 Å². The molecule has 0 unspecified atom stereocenters. The molecule has 6 fully saturated rings. The van der Waals surface area contributed by atoms with Crippen LogP contribution in [-0.4, -0.2) is 185 Å². The average molecular weight is 1190 g/mol. The molecule has 0 aromatic rings. The van der Waals surface area contributed by atoms with Crippen LogP contribution in [0, 0.1) is 52.0 Å². The second-order valence-corrected chi connectivity index (χ2v) is 25.8. The van der Waals surface area contributed by atoms with E-state index in [1.807, 2.05) is 26.0 Å². The number of hydroxylamine groups is 2. The highest BCUT2D eigenvalue weighted by molar-refractivity contribution is 6.26. The minimum absolute atomic E-state index is 0.0120. The normalized spacial score (nSPS) is 48.5. The molecule has 1 amide bonds. The molecule has 9 aliphatic rings. The summed E-state index contributed by atoms with van der Waals surface area (Å²) >= 11 is 0. The molecule has 470 valence electrons. The van der Waals surface area contributed by atoms with Crippen molar-refractivity contribution in [1.29, 1.82) is 0 Å². The number of aliphatic hydroxyl groups excluding tert-OH is 4. The summed E-state index contributed by atoms with van der Waals surface area (Å²) in [5, 5.41) is 72.8. The number of fused-ring (bicyclic) bond motifs is 4. The number of aliphatic hydroxyl groups is 4. The Morgan fingerprint density at radius 3 is 2.01 bits per heavy atom. The maximum Gasteiger partial charge on any atom is 0.407 e. The molecule has 0 aromatic heterocycles. The van der Waals surface area contributed by atoms with Crippen molar-refractivity contribution in [3.05, 3.63) is 63.6 Å². The monoisotopic (exact) mass is 1190 g/mol. The van der Waals surface area contributed by atoms with E-state index in [2.05, 4.69) is 25.2 Å². The van der Waals surface area contributed by atoms with Crippen LogP contribution in [0.5, 0.6) is 0 Å². The Morgan fingerprint density at radius 2 is 1.38 bits per heavy atom. The molecule has 23 heteroatoms. The molecule has 4 aliphatic carbocycles. The van der Waals surface area contributed by atoms with Gasteiger partial charge in [0.2, 0.25) is 5.78 Å². The van der Waals surface area contributed by atoms with Gasteiger partial charge in [-0.25, -0.2) is 9.59 Å². The number of nitrogens with zero attached hydrogens (tertiary/aromatic N) is 1. The molecule has 23 nitrogen and oxygen atoms in total. The van der Waals surface area contributed by atoms with Crippen molar-refractivity contribution in [1.82, 2.24) is 10.5 Å². The highest BCUT2D eigenvalue weighted by Gasteiger charge is 2.64. The lowest BCUT2D eigenvalue weighted by Crippen LogP contribution is -2.67. The van der Waals surface area contributed by atoms with Gasteiger partial charge in [-0.05, 0) is 96.1 Å². The molecule has 6 N–H and O–H groups in total. The number of nitrogens with one attached hydrogen (secondary N) is 1. The van der Waals surface area contributed by atoms with Gasteiger partial charge in [0.15, 0.2) is 30.8 Å². The van der Waals surface area contributed by atoms with E-state index in [1.165, 1.54) is 21.1 Å². The van der Waals surface area contributed by atoms with Crippen LogP contribution in [0.25, 0.3) is 0 Å². The van der Waals surface area contributed by atoms with Gasteiger partial charge in [-0.1, -0.05) is 63.6 Å². The summed E-state index contributed by atoms with van der Waals surface area (Å²) in [6, 6.07) is -1.03. The van der Waals surface area contributed by atoms with Gasteiger partial charge in [-0.3, -0.25) is 14.8 Å². The Morgan fingerprint density at radius 1 is 0.762 bits per heavy atom. The van der Waals surface area contributed by atoms with E-state index in [-0.39, 0.29) is 55.6 Å². The average Bonchev–Trinajstić information content (AvgIpc) is 2.80. The smallest absolute Gasteiger partial charge is 0.407 e. The van der Waals surface area contributed by atoms with Gasteiger partial charge in [0.1, 0.15) is 35.9 Å². The number of rotatable bonds is 12. The van der Waals surface area contributed by atoms with Gasteiger partial charge in [0, 0.05) is 62.4 Å². The number of ketones is 1. The lowest BCUT2D eigenvalue weighted by atomic mass is 9.49. The van der Waals surface area contributed by atoms with Crippen LogP contribution in [-0.2, 0) is 66.5 Å². The number of hydrogen-bond acceptors (Lipinski definition) is 22. The minimum atomic E-state index is -1.86. The van der Waals surface area contributed by atoms with Crippen molar-refractivity contribution in [3.63, 3.8) is 0 Å². The van der Waals surface area contributed by atoms with Crippen LogP contribution in [0.15, 0.2) is 58.4 Å². The number of hydrogen-bond donors (Lipinski definition) is 6. The Labute approximate surface area is 491 Å². The Hall–Kier alpha value is -4.02. The van der Waals surface area contributed by atoms with Crippen LogP contribution in [0.4, 0.5) is 4.79 Å². The topological polar surface area (TPSA) is 309 Å². The summed E-state index contributed by atoms with van der Waals surface area (Å²) in [5.74, 6) is -5.36. The first-order chi connectivity index (χ1) is 39.6. The van der Waals surface area contributed by atoms with Gasteiger partial charge in [0.05, 0.1) is 73.6 Å². The molecule has 0 radical (unpaired) electrons. The van der Waals surface area contributed by atoms with Crippen LogP contribution < -0.4 is 5.32 Å². The summed E-state index contributed by atoms with van der Waals surface area (Å²) in [7, 11) is 2.68. The molecule has 2 bridgehead atoms. The van der Waals surface area contributed by atoms with Crippen molar-refractivity contribution < 1.29 is 96.9 Å². The lowest BCUT2D eigenvalue weighted by molar-refractivity contribution is -0.335. The van der Waals surface area contributed by atoms with Crippen molar-refractivity contribution in [2.75, 3.05) is 14.2 Å². The van der Waals surface area contributed by atoms with Crippen LogP contribution in [0.3, 0.4) is 0 Å². The Kier molecular flexibility index (Phi) is 19.4. The Balaban J connectivity index is 1.01. The second kappa shape index (κ2) is 25.2. The molecule has 0 aromatic carbocycles. The summed E-state index contributed by atoms with van der Waals surface area (Å²) in [6.45, 7) is 19.9. The van der Waals surface area contributed by atoms with Gasteiger partial charge in [-0.15, -0.1) is 0 Å². The van der Waals surface area contributed by atoms with E-state index in [0.717, 1.165) is 11.9 Å². The predicted octanol–water partition coefficient (Wildman–Crippen LogP) is 5.69. The molecular weight excluding hydrogens is 1100 g/mol. The Bertz CT molecular complexity index is 2580. The molecular formula is C61H89N2O21-. The standard InChI is InChI=1S/C61H89N2O21/c1-27-14-17-42(80-47-25-59(10,63(72)73)54(35(9)79-47)62-58(71)75-13)28(2)19-37-20-36(26-64)31(5)24-61(37)56(69)48(57(70)84-61)55(68)60(11)39(27)16-15-38-49(60)29(3)18-30(4)51(38)82-46-23-43(50(67)32(6)76-46)81-44-22-41(66)53(34(8)78-44)83-45-21-40(65)52(74-12)33(7)77-45/h14-16,19-20,26,29-35,37-47,49-54,65-68,72H,17-18,21-25H2,1-13H3,(H,62,71)/q-1/b27-14+,28-19+,55-48?/t29-,30-,31+,32-,33-,34-,35+,37+,38-,39+,40+,41+,42-,43+,44-,45+,46-,47-,49-,50-,51-,52-,53-,54-,59-,60-,61+/m0/s1.